The number of nitrogens with one attached hydrogen (secondary N) is 1. The number of amides is 1. The first kappa shape index (κ1) is 19.3. The fourth-order valence-corrected chi connectivity index (χ4v) is 5.60. The molecule has 30 heavy (non-hydrogen) atoms. The third kappa shape index (κ3) is 3.41. The number of thiophene rings is 1. The normalized spacial score (nSPS) is 19.6. The van der Waals surface area contributed by atoms with Gasteiger partial charge in [-0.15, -0.1) is 11.3 Å². The highest BCUT2D eigenvalue weighted by Crippen LogP contribution is 2.48. The molecule has 1 amide bonds. The van der Waals surface area contributed by atoms with E-state index in [9.17, 15) is 4.79 Å². The van der Waals surface area contributed by atoms with Gasteiger partial charge in [-0.1, -0.05) is 72.5 Å². The van der Waals surface area contributed by atoms with Gasteiger partial charge in [0.15, 0.2) is 0 Å². The Hall–Kier alpha value is -2.67. The van der Waals surface area contributed by atoms with E-state index in [1.54, 1.807) is 11.3 Å². The van der Waals surface area contributed by atoms with E-state index in [2.05, 4.69) is 36.5 Å². The monoisotopic (exact) mass is 447 g/mol. The first-order valence-electron chi connectivity index (χ1n) is 9.47. The van der Waals surface area contributed by atoms with Crippen LogP contribution in [0.1, 0.15) is 27.5 Å². The molecule has 1 unspecified atom stereocenters. The van der Waals surface area contributed by atoms with E-state index in [0.29, 0.717) is 9.23 Å². The van der Waals surface area contributed by atoms with Crippen molar-refractivity contribution in [3.8, 4) is 5.75 Å². The zero-order valence-electron chi connectivity index (χ0n) is 16.0. The van der Waals surface area contributed by atoms with Crippen molar-refractivity contribution in [2.24, 2.45) is 0 Å². The second-order valence-electron chi connectivity index (χ2n) is 7.04. The Balaban J connectivity index is 1.79. The molecule has 3 nitrogen and oxygen atoms in total. The van der Waals surface area contributed by atoms with E-state index in [-0.39, 0.29) is 11.8 Å². The lowest BCUT2D eigenvalue weighted by Gasteiger charge is -2.30. The number of carbonyl (C=O) groups is 1. The van der Waals surface area contributed by atoms with Crippen molar-refractivity contribution in [3.63, 3.8) is 0 Å². The highest BCUT2D eigenvalue weighted by atomic mass is 32.2. The molecule has 1 fully saturated rings. The van der Waals surface area contributed by atoms with Gasteiger partial charge in [0.05, 0.1) is 9.78 Å². The Labute approximate surface area is 188 Å². The number of para-hydroxylation sites is 1. The number of hydrogen-bond acceptors (Lipinski definition) is 5. The molecule has 0 radical (unpaired) electrons. The number of benzene rings is 2. The van der Waals surface area contributed by atoms with Crippen LogP contribution in [0, 0.1) is 6.92 Å². The fraction of sp³-hybridized carbons (Fsp3) is 0.0833. The molecule has 1 aromatic heterocycles. The minimum Gasteiger partial charge on any atom is -0.455 e. The van der Waals surface area contributed by atoms with Crippen LogP contribution in [-0.4, -0.2) is 10.2 Å². The number of rotatable bonds is 3. The minimum absolute atomic E-state index is 0.0525. The Morgan fingerprint density at radius 3 is 2.50 bits per heavy atom. The number of thioether (sulfide) groups is 1. The molecule has 1 atom stereocenters. The SMILES string of the molecule is Cc1ccccc1C1C(/C=C2/SC(=S)NC2=O)=C(c2cccs2)Oc2ccccc21. The molecule has 1 saturated heterocycles. The van der Waals surface area contributed by atoms with E-state index in [1.807, 2.05) is 47.9 Å². The zero-order valence-corrected chi connectivity index (χ0v) is 18.5. The maximum absolute atomic E-state index is 12.5. The van der Waals surface area contributed by atoms with Crippen molar-refractivity contribution in [1.82, 2.24) is 5.32 Å². The van der Waals surface area contributed by atoms with Crippen LogP contribution in [0.4, 0.5) is 0 Å². The molecule has 2 aliphatic heterocycles. The molecule has 6 heteroatoms. The van der Waals surface area contributed by atoms with Crippen LogP contribution in [0.25, 0.3) is 5.76 Å². The number of carbonyl (C=O) groups excluding carboxylic acids is 1. The topological polar surface area (TPSA) is 38.3 Å². The lowest BCUT2D eigenvalue weighted by molar-refractivity contribution is -0.115. The fourth-order valence-electron chi connectivity index (χ4n) is 3.84. The van der Waals surface area contributed by atoms with Gasteiger partial charge in [-0.05, 0) is 41.6 Å². The van der Waals surface area contributed by atoms with Crippen molar-refractivity contribution < 1.29 is 9.53 Å². The van der Waals surface area contributed by atoms with Gasteiger partial charge in [0, 0.05) is 17.1 Å². The van der Waals surface area contributed by atoms with Gasteiger partial charge in [-0.2, -0.15) is 0 Å². The molecule has 0 spiro atoms. The van der Waals surface area contributed by atoms with E-state index in [4.69, 9.17) is 17.0 Å². The Kier molecular flexibility index (Phi) is 5.06. The summed E-state index contributed by atoms with van der Waals surface area (Å²) in [6, 6.07) is 20.6. The van der Waals surface area contributed by atoms with Crippen LogP contribution in [0.3, 0.4) is 0 Å². The maximum Gasteiger partial charge on any atom is 0.263 e. The largest absolute Gasteiger partial charge is 0.455 e. The molecule has 2 aliphatic rings. The average Bonchev–Trinajstić information content (AvgIpc) is 3.38. The number of fused-ring (bicyclic) bond motifs is 1. The highest BCUT2D eigenvalue weighted by Gasteiger charge is 2.33. The van der Waals surface area contributed by atoms with Crippen LogP contribution in [0.5, 0.6) is 5.75 Å². The molecule has 3 heterocycles. The predicted octanol–water partition coefficient (Wildman–Crippen LogP) is 6.02. The van der Waals surface area contributed by atoms with Crippen molar-refractivity contribution in [3.05, 3.63) is 104 Å². The molecule has 0 bridgehead atoms. The third-order valence-electron chi connectivity index (χ3n) is 5.19. The lowest BCUT2D eigenvalue weighted by Crippen LogP contribution is -2.19. The number of aryl methyl sites for hydroxylation is 1. The summed E-state index contributed by atoms with van der Waals surface area (Å²) in [5.41, 5.74) is 4.44. The lowest BCUT2D eigenvalue weighted by atomic mass is 9.80. The van der Waals surface area contributed by atoms with Gasteiger partial charge < -0.3 is 10.1 Å². The zero-order chi connectivity index (χ0) is 20.7. The molecule has 0 aliphatic carbocycles. The maximum atomic E-state index is 12.5. The number of thiocarbonyl (C=S) groups is 1. The molecule has 3 aromatic rings. The Morgan fingerprint density at radius 1 is 1.03 bits per heavy atom. The average molecular weight is 448 g/mol. The van der Waals surface area contributed by atoms with Crippen molar-refractivity contribution in [2.75, 3.05) is 0 Å². The second kappa shape index (κ2) is 7.87. The molecular weight excluding hydrogens is 430 g/mol. The summed E-state index contributed by atoms with van der Waals surface area (Å²) >= 11 is 8.12. The van der Waals surface area contributed by atoms with Gasteiger partial charge in [0.2, 0.25) is 0 Å². The summed E-state index contributed by atoms with van der Waals surface area (Å²) in [5.74, 6) is 1.42. The summed E-state index contributed by atoms with van der Waals surface area (Å²) in [7, 11) is 0. The highest BCUT2D eigenvalue weighted by molar-refractivity contribution is 8.26. The van der Waals surface area contributed by atoms with Crippen molar-refractivity contribution >= 4 is 51.3 Å². The van der Waals surface area contributed by atoms with Gasteiger partial charge >= 0.3 is 0 Å². The van der Waals surface area contributed by atoms with Gasteiger partial charge in [0.25, 0.3) is 5.91 Å². The Bertz CT molecular complexity index is 1220. The van der Waals surface area contributed by atoms with Crippen LogP contribution in [0.15, 0.2) is 82.6 Å². The summed E-state index contributed by atoms with van der Waals surface area (Å²) in [5, 5.41) is 4.75. The molecule has 148 valence electrons. The van der Waals surface area contributed by atoms with Crippen molar-refractivity contribution in [2.45, 2.75) is 12.8 Å². The number of hydrogen-bond donors (Lipinski definition) is 1. The van der Waals surface area contributed by atoms with E-state index in [1.165, 1.54) is 22.9 Å². The third-order valence-corrected chi connectivity index (χ3v) is 7.22. The smallest absolute Gasteiger partial charge is 0.263 e. The number of ether oxygens (including phenoxy) is 1. The van der Waals surface area contributed by atoms with Crippen LogP contribution < -0.4 is 10.1 Å². The van der Waals surface area contributed by atoms with Crippen LogP contribution >= 0.6 is 35.3 Å². The van der Waals surface area contributed by atoms with Gasteiger partial charge in [-0.3, -0.25) is 4.79 Å². The van der Waals surface area contributed by atoms with Crippen LogP contribution in [-0.2, 0) is 4.79 Å². The quantitative estimate of drug-likeness (QED) is 0.393. The molecule has 1 N–H and O–H groups in total. The van der Waals surface area contributed by atoms with E-state index < -0.39 is 0 Å². The van der Waals surface area contributed by atoms with Crippen LogP contribution in [0.2, 0.25) is 0 Å². The number of allylic oxidation sites excluding steroid dienone is 2. The minimum atomic E-state index is -0.162. The summed E-state index contributed by atoms with van der Waals surface area (Å²) in [6.07, 6.45) is 1.95. The standard InChI is InChI=1S/C24H17NO2S3/c1-14-7-2-3-8-15(14)21-16-9-4-5-10-18(16)27-22(19-11-6-12-29-19)17(21)13-20-23(26)25-24(28)30-20/h2-13,21H,1H3,(H,25,26,28)/b20-13+. The summed E-state index contributed by atoms with van der Waals surface area (Å²) in [4.78, 5) is 14.1. The first-order chi connectivity index (χ1) is 14.6. The van der Waals surface area contributed by atoms with E-state index >= 15 is 0 Å². The van der Waals surface area contributed by atoms with Gasteiger partial charge in [0.1, 0.15) is 15.8 Å². The molecular formula is C24H17NO2S3. The molecule has 2 aromatic carbocycles. The molecule has 0 saturated carbocycles. The summed E-state index contributed by atoms with van der Waals surface area (Å²) < 4.78 is 6.91. The van der Waals surface area contributed by atoms with Crippen molar-refractivity contribution in [1.29, 1.82) is 0 Å². The Morgan fingerprint density at radius 2 is 1.80 bits per heavy atom. The predicted molar refractivity (Wildman–Crippen MR) is 128 cm³/mol. The molecule has 5 rings (SSSR count). The second-order valence-corrected chi connectivity index (χ2v) is 9.71. The van der Waals surface area contributed by atoms with Gasteiger partial charge in [-0.25, -0.2) is 0 Å². The summed E-state index contributed by atoms with van der Waals surface area (Å²) in [6.45, 7) is 2.12. The first-order valence-corrected chi connectivity index (χ1v) is 11.6. The van der Waals surface area contributed by atoms with E-state index in [0.717, 1.165) is 27.5 Å².